The second-order valence-corrected chi connectivity index (χ2v) is 9.23. The van der Waals surface area contributed by atoms with Gasteiger partial charge in [0.25, 0.3) is 0 Å². The van der Waals surface area contributed by atoms with Crippen LogP contribution in [0.2, 0.25) is 0 Å². The van der Waals surface area contributed by atoms with Crippen molar-refractivity contribution in [3.63, 3.8) is 0 Å². The van der Waals surface area contributed by atoms with Gasteiger partial charge in [0.05, 0.1) is 18.8 Å². The van der Waals surface area contributed by atoms with Crippen LogP contribution in [0.1, 0.15) is 18.4 Å². The average molecular weight is 445 g/mol. The lowest BCUT2D eigenvalue weighted by Gasteiger charge is -2.42. The number of anilines is 1. The maximum Gasteiger partial charge on any atom is 0.134 e. The zero-order valence-electron chi connectivity index (χ0n) is 18.7. The maximum absolute atomic E-state index is 13.6. The quantitative estimate of drug-likeness (QED) is 0.714. The Hall–Kier alpha value is -2.19. The Bertz CT molecular complexity index is 903. The minimum Gasteiger partial charge on any atom is -0.490 e. The van der Waals surface area contributed by atoms with Gasteiger partial charge in [-0.15, -0.1) is 0 Å². The first kappa shape index (κ1) is 23.0. The van der Waals surface area contributed by atoms with Gasteiger partial charge in [0.2, 0.25) is 0 Å². The molecule has 4 rings (SSSR count). The van der Waals surface area contributed by atoms with Crippen molar-refractivity contribution in [3.05, 3.63) is 59.9 Å². The minimum absolute atomic E-state index is 0.125. The lowest BCUT2D eigenvalue weighted by Crippen LogP contribution is -2.55. The number of benzene rings is 2. The van der Waals surface area contributed by atoms with E-state index < -0.39 is 11.2 Å². The number of β-amino-alcohol motifs (C(OH)–C–C–N with tert-alkyl or cyclic N) is 2. The zero-order chi connectivity index (χ0) is 22.6. The Morgan fingerprint density at radius 3 is 2.56 bits per heavy atom. The van der Waals surface area contributed by atoms with E-state index >= 15 is 0 Å². The van der Waals surface area contributed by atoms with E-state index in [-0.39, 0.29) is 19.0 Å². The van der Waals surface area contributed by atoms with Gasteiger partial charge in [0.1, 0.15) is 23.8 Å². The summed E-state index contributed by atoms with van der Waals surface area (Å²) in [5.41, 5.74) is -0.150. The van der Waals surface area contributed by atoms with E-state index in [0.29, 0.717) is 52.2 Å². The Labute approximate surface area is 189 Å². The third kappa shape index (κ3) is 5.78. The first-order valence-corrected chi connectivity index (χ1v) is 11.3. The molecule has 0 aliphatic carbocycles. The fraction of sp³-hybridized carbons (Fsp3) is 0.520. The number of nitrogens with zero attached hydrogens (tertiary/aromatic N) is 2. The van der Waals surface area contributed by atoms with Gasteiger partial charge in [-0.1, -0.05) is 24.3 Å². The Balaban J connectivity index is 1.34. The number of piperidine rings is 1. The van der Waals surface area contributed by atoms with Crippen molar-refractivity contribution in [1.82, 2.24) is 4.90 Å². The molecule has 0 amide bonds. The van der Waals surface area contributed by atoms with Gasteiger partial charge < -0.3 is 24.6 Å². The summed E-state index contributed by atoms with van der Waals surface area (Å²) in [6, 6.07) is 14.3. The predicted octanol–water partition coefficient (Wildman–Crippen LogP) is 2.61. The lowest BCUT2D eigenvalue weighted by molar-refractivity contribution is -0.0743. The third-order valence-electron chi connectivity index (χ3n) is 6.42. The smallest absolute Gasteiger partial charge is 0.134 e. The van der Waals surface area contributed by atoms with Crippen molar-refractivity contribution in [1.29, 1.82) is 0 Å². The van der Waals surface area contributed by atoms with E-state index in [1.54, 1.807) is 6.07 Å². The molecule has 0 saturated carbocycles. The number of hydrogen-bond acceptors (Lipinski definition) is 6. The number of aliphatic hydroxyl groups is 2. The van der Waals surface area contributed by atoms with Gasteiger partial charge in [0.15, 0.2) is 0 Å². The summed E-state index contributed by atoms with van der Waals surface area (Å²) in [6.45, 7) is 5.58. The summed E-state index contributed by atoms with van der Waals surface area (Å²) in [4.78, 5) is 4.18. The molecule has 0 unspecified atom stereocenters. The molecule has 7 heteroatoms. The highest BCUT2D eigenvalue weighted by Gasteiger charge is 2.39. The van der Waals surface area contributed by atoms with Crippen LogP contribution in [0.4, 0.5) is 10.1 Å². The number of rotatable bonds is 6. The average Bonchev–Trinajstić information content (AvgIpc) is 2.94. The second-order valence-electron chi connectivity index (χ2n) is 9.23. The van der Waals surface area contributed by atoms with Crippen LogP contribution in [0.3, 0.4) is 0 Å². The Morgan fingerprint density at radius 1 is 1.03 bits per heavy atom. The summed E-state index contributed by atoms with van der Waals surface area (Å²) in [5, 5.41) is 22.4. The highest BCUT2D eigenvalue weighted by molar-refractivity contribution is 5.47. The molecule has 2 aliphatic rings. The van der Waals surface area contributed by atoms with Crippen LogP contribution >= 0.6 is 0 Å². The molecule has 0 aromatic heterocycles. The van der Waals surface area contributed by atoms with E-state index in [4.69, 9.17) is 9.47 Å². The van der Waals surface area contributed by atoms with Gasteiger partial charge in [0, 0.05) is 38.4 Å². The number of hydrogen-bond donors (Lipinski definition) is 2. The number of aryl methyl sites for hydroxylation is 1. The van der Waals surface area contributed by atoms with E-state index in [9.17, 15) is 14.6 Å². The summed E-state index contributed by atoms with van der Waals surface area (Å²) in [7, 11) is 0. The SMILES string of the molecule is Cc1ccccc1OC[C@@]1(O)COCCN(CC2(O)CCN(c3cccc(F)c3)CC2)C1. The molecule has 32 heavy (non-hydrogen) atoms. The van der Waals surface area contributed by atoms with Crippen molar-refractivity contribution >= 4 is 5.69 Å². The van der Waals surface area contributed by atoms with Crippen LogP contribution in [-0.2, 0) is 4.74 Å². The molecule has 2 N–H and O–H groups in total. The monoisotopic (exact) mass is 444 g/mol. The molecule has 0 radical (unpaired) electrons. The van der Waals surface area contributed by atoms with Crippen LogP contribution in [0.15, 0.2) is 48.5 Å². The molecule has 2 fully saturated rings. The highest BCUT2D eigenvalue weighted by atomic mass is 19.1. The van der Waals surface area contributed by atoms with E-state index in [1.807, 2.05) is 37.3 Å². The third-order valence-corrected chi connectivity index (χ3v) is 6.42. The minimum atomic E-state index is -1.16. The van der Waals surface area contributed by atoms with Crippen molar-refractivity contribution in [2.24, 2.45) is 0 Å². The van der Waals surface area contributed by atoms with E-state index in [1.165, 1.54) is 12.1 Å². The molecule has 0 bridgehead atoms. The van der Waals surface area contributed by atoms with Crippen molar-refractivity contribution < 1.29 is 24.1 Å². The summed E-state index contributed by atoms with van der Waals surface area (Å²) >= 11 is 0. The number of ether oxygens (including phenoxy) is 2. The van der Waals surface area contributed by atoms with E-state index in [2.05, 4.69) is 9.80 Å². The molecule has 2 aromatic rings. The van der Waals surface area contributed by atoms with Crippen LogP contribution in [-0.4, -0.2) is 78.9 Å². The molecule has 6 nitrogen and oxygen atoms in total. The standard InChI is InChI=1S/C25H33FN2O4/c1-20-5-2-3-8-23(20)32-19-25(30)17-27(13-14-31-18-25)16-24(29)9-11-28(12-10-24)22-7-4-6-21(26)15-22/h2-8,15,29-30H,9-14,16-19H2,1H3/t25-/m0/s1. The zero-order valence-corrected chi connectivity index (χ0v) is 18.7. The fourth-order valence-electron chi connectivity index (χ4n) is 4.58. The first-order chi connectivity index (χ1) is 15.3. The van der Waals surface area contributed by atoms with Gasteiger partial charge in [-0.05, 0) is 49.6 Å². The van der Waals surface area contributed by atoms with E-state index in [0.717, 1.165) is 17.0 Å². The molecule has 2 saturated heterocycles. The fourth-order valence-corrected chi connectivity index (χ4v) is 4.58. The molecule has 2 aromatic carbocycles. The van der Waals surface area contributed by atoms with Gasteiger partial charge in [-0.3, -0.25) is 4.90 Å². The summed E-state index contributed by atoms with van der Waals surface area (Å²) in [6.07, 6.45) is 1.16. The molecule has 1 atom stereocenters. The van der Waals surface area contributed by atoms with Crippen LogP contribution in [0, 0.1) is 12.7 Å². The molecule has 2 heterocycles. The molecular weight excluding hydrogens is 411 g/mol. The lowest BCUT2D eigenvalue weighted by atomic mass is 9.90. The van der Waals surface area contributed by atoms with Gasteiger partial charge in [-0.2, -0.15) is 0 Å². The maximum atomic E-state index is 13.6. The van der Waals surface area contributed by atoms with Crippen molar-refractivity contribution in [2.45, 2.75) is 31.0 Å². The molecule has 2 aliphatic heterocycles. The Morgan fingerprint density at radius 2 is 1.81 bits per heavy atom. The van der Waals surface area contributed by atoms with Crippen LogP contribution < -0.4 is 9.64 Å². The predicted molar refractivity (Wildman–Crippen MR) is 122 cm³/mol. The van der Waals surface area contributed by atoms with Crippen molar-refractivity contribution in [2.75, 3.05) is 57.4 Å². The largest absolute Gasteiger partial charge is 0.490 e. The molecular formula is C25H33FN2O4. The summed E-state index contributed by atoms with van der Waals surface area (Å²) < 4.78 is 25.1. The first-order valence-electron chi connectivity index (χ1n) is 11.3. The van der Waals surface area contributed by atoms with Crippen LogP contribution in [0.5, 0.6) is 5.75 Å². The van der Waals surface area contributed by atoms with Gasteiger partial charge >= 0.3 is 0 Å². The topological polar surface area (TPSA) is 65.4 Å². The summed E-state index contributed by atoms with van der Waals surface area (Å²) in [5.74, 6) is 0.500. The number of para-hydroxylation sites is 1. The van der Waals surface area contributed by atoms with Gasteiger partial charge in [-0.25, -0.2) is 4.39 Å². The normalized spacial score (nSPS) is 24.2. The number of halogens is 1. The second kappa shape index (κ2) is 9.75. The Kier molecular flexibility index (Phi) is 7.00. The molecule has 0 spiro atoms. The van der Waals surface area contributed by atoms with Crippen molar-refractivity contribution in [3.8, 4) is 5.75 Å². The van der Waals surface area contributed by atoms with Crippen LogP contribution in [0.25, 0.3) is 0 Å². The highest BCUT2D eigenvalue weighted by Crippen LogP contribution is 2.29. The molecule has 174 valence electrons.